The molecule has 1 fully saturated rings. The third-order valence-corrected chi connectivity index (χ3v) is 4.08. The quantitative estimate of drug-likeness (QED) is 0.676. The molecule has 8 heteroatoms. The van der Waals surface area contributed by atoms with Crippen molar-refractivity contribution < 1.29 is 23.8 Å². The number of rotatable bonds is 5. The molecule has 1 aromatic heterocycles. The maximum absolute atomic E-state index is 13.5. The van der Waals surface area contributed by atoms with Crippen molar-refractivity contribution >= 4 is 23.8 Å². The summed E-state index contributed by atoms with van der Waals surface area (Å²) in [5.74, 6) is -1.59. The number of hydrogen-bond acceptors (Lipinski definition) is 5. The van der Waals surface area contributed by atoms with Crippen LogP contribution < -0.4 is 10.6 Å². The highest BCUT2D eigenvalue weighted by atomic mass is 19.1. The average Bonchev–Trinajstić information content (AvgIpc) is 2.54. The number of carbonyl (C=O) groups is 2. The van der Waals surface area contributed by atoms with E-state index in [9.17, 15) is 14.0 Å². The van der Waals surface area contributed by atoms with Gasteiger partial charge in [0.05, 0.1) is 17.6 Å². The third-order valence-electron chi connectivity index (χ3n) is 4.08. The number of aliphatic carboxylic acids is 1. The number of carboxylic acids is 1. The van der Waals surface area contributed by atoms with Crippen LogP contribution in [0.2, 0.25) is 0 Å². The van der Waals surface area contributed by atoms with Gasteiger partial charge >= 0.3 is 12.1 Å². The fraction of sp³-hybridized carbons (Fsp3) is 0.526. The minimum absolute atomic E-state index is 0.0370. The summed E-state index contributed by atoms with van der Waals surface area (Å²) < 4.78 is 18.8. The fourth-order valence-electron chi connectivity index (χ4n) is 2.92. The molecule has 1 aliphatic rings. The van der Waals surface area contributed by atoms with Crippen molar-refractivity contribution in [3.8, 4) is 0 Å². The van der Waals surface area contributed by atoms with Gasteiger partial charge in [-0.15, -0.1) is 0 Å². The summed E-state index contributed by atoms with van der Waals surface area (Å²) in [6, 6.07) is 1.43. The first-order chi connectivity index (χ1) is 12.6. The molecule has 1 amide bonds. The Kier molecular flexibility index (Phi) is 6.76. The first-order valence-electron chi connectivity index (χ1n) is 8.95. The second-order valence-corrected chi connectivity index (χ2v) is 7.60. The van der Waals surface area contributed by atoms with E-state index in [4.69, 9.17) is 9.84 Å². The number of carbonyl (C=O) groups excluding carboxylic acids is 1. The van der Waals surface area contributed by atoms with Gasteiger partial charge < -0.3 is 20.5 Å². The molecule has 1 heterocycles. The lowest BCUT2D eigenvalue weighted by Gasteiger charge is -2.31. The molecule has 0 radical (unpaired) electrons. The van der Waals surface area contributed by atoms with E-state index in [1.165, 1.54) is 12.1 Å². The monoisotopic (exact) mass is 379 g/mol. The van der Waals surface area contributed by atoms with Crippen molar-refractivity contribution in [3.63, 3.8) is 0 Å². The van der Waals surface area contributed by atoms with Crippen LogP contribution in [0, 0.1) is 5.82 Å². The first kappa shape index (κ1) is 20.7. The van der Waals surface area contributed by atoms with Crippen LogP contribution in [0.4, 0.5) is 14.9 Å². The molecule has 1 aromatic rings. The topological polar surface area (TPSA) is 101 Å². The molecule has 27 heavy (non-hydrogen) atoms. The van der Waals surface area contributed by atoms with E-state index in [-0.39, 0.29) is 12.1 Å². The normalized spacial score (nSPS) is 20.3. The summed E-state index contributed by atoms with van der Waals surface area (Å²) in [6.07, 6.45) is 6.01. The summed E-state index contributed by atoms with van der Waals surface area (Å²) in [5.41, 5.74) is 0.288. The minimum Gasteiger partial charge on any atom is -0.478 e. The molecule has 7 nitrogen and oxygen atoms in total. The molecule has 2 rings (SSSR count). The Hall–Kier alpha value is -2.64. The molecule has 1 saturated carbocycles. The van der Waals surface area contributed by atoms with Crippen LogP contribution in [-0.4, -0.2) is 39.8 Å². The maximum Gasteiger partial charge on any atom is 0.407 e. The molecular weight excluding hydrogens is 353 g/mol. The summed E-state index contributed by atoms with van der Waals surface area (Å²) >= 11 is 0. The number of aromatic nitrogens is 1. The van der Waals surface area contributed by atoms with Crippen molar-refractivity contribution in [2.75, 3.05) is 5.32 Å². The van der Waals surface area contributed by atoms with E-state index in [0.29, 0.717) is 11.4 Å². The zero-order valence-corrected chi connectivity index (χ0v) is 15.8. The average molecular weight is 379 g/mol. The second-order valence-electron chi connectivity index (χ2n) is 7.60. The van der Waals surface area contributed by atoms with Crippen LogP contribution in [0.1, 0.15) is 52.1 Å². The summed E-state index contributed by atoms with van der Waals surface area (Å²) in [7, 11) is 0. The van der Waals surface area contributed by atoms with Crippen LogP contribution in [0.5, 0.6) is 0 Å². The van der Waals surface area contributed by atoms with Gasteiger partial charge in [0.1, 0.15) is 11.4 Å². The van der Waals surface area contributed by atoms with Crippen LogP contribution in [0.3, 0.4) is 0 Å². The van der Waals surface area contributed by atoms with Crippen molar-refractivity contribution in [2.24, 2.45) is 0 Å². The van der Waals surface area contributed by atoms with Crippen LogP contribution in [0.25, 0.3) is 6.08 Å². The number of hydrogen-bond donors (Lipinski definition) is 3. The Morgan fingerprint density at radius 3 is 2.48 bits per heavy atom. The van der Waals surface area contributed by atoms with Crippen molar-refractivity contribution in [1.82, 2.24) is 10.3 Å². The van der Waals surface area contributed by atoms with Crippen LogP contribution in [-0.2, 0) is 9.53 Å². The predicted molar refractivity (Wildman–Crippen MR) is 99.9 cm³/mol. The number of amides is 1. The number of anilines is 1. The fourth-order valence-corrected chi connectivity index (χ4v) is 2.92. The zero-order chi connectivity index (χ0) is 20.0. The number of carboxylic acid groups (broad SMARTS) is 1. The molecule has 0 atom stereocenters. The van der Waals surface area contributed by atoms with Crippen molar-refractivity contribution in [3.05, 3.63) is 29.9 Å². The molecule has 3 N–H and O–H groups in total. The smallest absolute Gasteiger partial charge is 0.407 e. The van der Waals surface area contributed by atoms with E-state index >= 15 is 0 Å². The standard InChI is InChI=1S/C19H26FN3O4/c1-19(2,3)27-18(26)23-14-6-4-13(5-7-14)22-16-10-12(20)11-21-15(16)8-9-17(24)25/h8-11,13-14,22H,4-7H2,1-3H3,(H,23,26)(H,24,25)/b9-8+. The number of halogens is 1. The van der Waals surface area contributed by atoms with Gasteiger partial charge in [0.2, 0.25) is 0 Å². The highest BCUT2D eigenvalue weighted by molar-refractivity contribution is 5.86. The highest BCUT2D eigenvalue weighted by Gasteiger charge is 2.25. The van der Waals surface area contributed by atoms with Gasteiger partial charge in [0, 0.05) is 24.2 Å². The van der Waals surface area contributed by atoms with Crippen molar-refractivity contribution in [2.45, 2.75) is 64.1 Å². The van der Waals surface area contributed by atoms with Gasteiger partial charge in [0.15, 0.2) is 0 Å². The summed E-state index contributed by atoms with van der Waals surface area (Å²) in [5, 5.41) is 14.9. The summed E-state index contributed by atoms with van der Waals surface area (Å²) in [4.78, 5) is 26.5. The first-order valence-corrected chi connectivity index (χ1v) is 8.95. The Labute approximate surface area is 158 Å². The Bertz CT molecular complexity index is 707. The predicted octanol–water partition coefficient (Wildman–Crippen LogP) is 3.57. The Morgan fingerprint density at radius 1 is 1.26 bits per heavy atom. The molecule has 148 valence electrons. The number of nitrogens with zero attached hydrogens (tertiary/aromatic N) is 1. The Morgan fingerprint density at radius 2 is 1.89 bits per heavy atom. The van der Waals surface area contributed by atoms with Gasteiger partial charge in [-0.2, -0.15) is 0 Å². The molecule has 0 unspecified atom stereocenters. The van der Waals surface area contributed by atoms with Gasteiger partial charge in [-0.1, -0.05) is 0 Å². The van der Waals surface area contributed by atoms with Gasteiger partial charge in [0.25, 0.3) is 0 Å². The summed E-state index contributed by atoms with van der Waals surface area (Å²) in [6.45, 7) is 5.45. The Balaban J connectivity index is 1.91. The largest absolute Gasteiger partial charge is 0.478 e. The lowest BCUT2D eigenvalue weighted by Crippen LogP contribution is -2.42. The molecule has 0 saturated heterocycles. The molecule has 0 bridgehead atoms. The van der Waals surface area contributed by atoms with Gasteiger partial charge in [-0.25, -0.2) is 14.0 Å². The van der Waals surface area contributed by atoms with E-state index in [1.807, 2.05) is 20.8 Å². The van der Waals surface area contributed by atoms with Crippen LogP contribution in [0.15, 0.2) is 18.3 Å². The van der Waals surface area contributed by atoms with E-state index < -0.39 is 23.5 Å². The van der Waals surface area contributed by atoms with E-state index in [2.05, 4.69) is 15.6 Å². The minimum atomic E-state index is -1.10. The molecule has 0 aliphatic heterocycles. The third kappa shape index (κ3) is 7.24. The molecule has 0 spiro atoms. The molecule has 1 aliphatic carbocycles. The number of pyridine rings is 1. The lowest BCUT2D eigenvalue weighted by atomic mass is 9.91. The maximum atomic E-state index is 13.5. The number of ether oxygens (including phenoxy) is 1. The van der Waals surface area contributed by atoms with Crippen LogP contribution >= 0.6 is 0 Å². The van der Waals surface area contributed by atoms with E-state index in [1.54, 1.807) is 0 Å². The lowest BCUT2D eigenvalue weighted by molar-refractivity contribution is -0.131. The molecular formula is C19H26FN3O4. The highest BCUT2D eigenvalue weighted by Crippen LogP contribution is 2.25. The van der Waals surface area contributed by atoms with Gasteiger partial charge in [-0.3, -0.25) is 4.98 Å². The van der Waals surface area contributed by atoms with E-state index in [0.717, 1.165) is 38.0 Å². The molecule has 0 aromatic carbocycles. The second kappa shape index (κ2) is 8.83. The number of alkyl carbamates (subject to hydrolysis) is 1. The zero-order valence-electron chi connectivity index (χ0n) is 15.8. The SMILES string of the molecule is CC(C)(C)OC(=O)NC1CCC(Nc2cc(F)cnc2/C=C/C(=O)O)CC1. The van der Waals surface area contributed by atoms with Gasteiger partial charge in [-0.05, 0) is 52.5 Å². The number of nitrogens with one attached hydrogen (secondary N) is 2. The van der Waals surface area contributed by atoms with Crippen molar-refractivity contribution in [1.29, 1.82) is 0 Å².